The Balaban J connectivity index is 1.56. The number of nitro groups is 1. The first kappa shape index (κ1) is 21.2. The number of nitro benzene ring substituents is 1. The summed E-state index contributed by atoms with van der Waals surface area (Å²) in [7, 11) is 0. The lowest BCUT2D eigenvalue weighted by molar-refractivity contribution is -0.384. The van der Waals surface area contributed by atoms with E-state index >= 15 is 0 Å². The van der Waals surface area contributed by atoms with Gasteiger partial charge in [0.2, 0.25) is 5.91 Å². The molecule has 154 valence electrons. The van der Waals surface area contributed by atoms with Gasteiger partial charge in [-0.15, -0.1) is 11.8 Å². The molecule has 9 heteroatoms. The summed E-state index contributed by atoms with van der Waals surface area (Å²) in [6.45, 7) is 3.01. The summed E-state index contributed by atoms with van der Waals surface area (Å²) < 4.78 is 19.1. The maximum Gasteiger partial charge on any atom is 0.269 e. The van der Waals surface area contributed by atoms with Crippen LogP contribution in [0.3, 0.4) is 0 Å². The lowest BCUT2D eigenvalue weighted by Crippen LogP contribution is -2.44. The number of nitrogens with one attached hydrogen (secondary N) is 1. The van der Waals surface area contributed by atoms with Gasteiger partial charge in [-0.05, 0) is 29.8 Å². The largest absolute Gasteiger partial charge is 0.379 e. The highest BCUT2D eigenvalue weighted by atomic mass is 32.2. The summed E-state index contributed by atoms with van der Waals surface area (Å²) >= 11 is 1.31. The Kier molecular flexibility index (Phi) is 7.56. The molecule has 2 aromatic rings. The zero-order chi connectivity index (χ0) is 20.6. The number of non-ortho nitro benzene ring substituents is 1. The van der Waals surface area contributed by atoms with Crippen LogP contribution in [0.2, 0.25) is 0 Å². The second-order valence-electron chi connectivity index (χ2n) is 6.56. The predicted octanol–water partition coefficient (Wildman–Crippen LogP) is 3.02. The van der Waals surface area contributed by atoms with E-state index < -0.39 is 4.92 Å². The molecule has 1 unspecified atom stereocenters. The molecule has 3 rings (SSSR count). The second kappa shape index (κ2) is 10.3. The smallest absolute Gasteiger partial charge is 0.269 e. The fourth-order valence-corrected chi connectivity index (χ4v) is 3.86. The molecule has 1 saturated heterocycles. The summed E-state index contributed by atoms with van der Waals surface area (Å²) in [5.41, 5.74) is 0.831. The maximum atomic E-state index is 13.7. The first-order valence-electron chi connectivity index (χ1n) is 9.24. The van der Waals surface area contributed by atoms with Crippen LogP contribution in [0.1, 0.15) is 11.6 Å². The van der Waals surface area contributed by atoms with Gasteiger partial charge in [0.05, 0.1) is 29.9 Å². The molecule has 1 aliphatic heterocycles. The van der Waals surface area contributed by atoms with Gasteiger partial charge in [0.15, 0.2) is 0 Å². The lowest BCUT2D eigenvalue weighted by Gasteiger charge is -2.35. The zero-order valence-corrected chi connectivity index (χ0v) is 16.6. The van der Waals surface area contributed by atoms with Gasteiger partial charge in [0, 0.05) is 36.7 Å². The van der Waals surface area contributed by atoms with Crippen molar-refractivity contribution < 1.29 is 18.8 Å². The van der Waals surface area contributed by atoms with Crippen molar-refractivity contribution in [2.75, 3.05) is 38.6 Å². The number of hydrogen-bond acceptors (Lipinski definition) is 6. The quantitative estimate of drug-likeness (QED) is 0.402. The average molecular weight is 419 g/mol. The van der Waals surface area contributed by atoms with Crippen LogP contribution in [0.5, 0.6) is 0 Å². The summed E-state index contributed by atoms with van der Waals surface area (Å²) in [5, 5.41) is 13.6. The molecule has 0 radical (unpaired) electrons. The van der Waals surface area contributed by atoms with Gasteiger partial charge < -0.3 is 10.1 Å². The van der Waals surface area contributed by atoms with Gasteiger partial charge in [-0.3, -0.25) is 19.8 Å². The lowest BCUT2D eigenvalue weighted by atomic mass is 10.0. The van der Waals surface area contributed by atoms with Gasteiger partial charge in [-0.2, -0.15) is 0 Å². The van der Waals surface area contributed by atoms with Crippen molar-refractivity contribution in [2.45, 2.75) is 10.9 Å². The summed E-state index contributed by atoms with van der Waals surface area (Å²) in [6.07, 6.45) is 0. The molecule has 0 spiro atoms. The number of halogens is 1. The van der Waals surface area contributed by atoms with Crippen molar-refractivity contribution in [3.8, 4) is 0 Å². The minimum Gasteiger partial charge on any atom is -0.379 e. The molecule has 1 amide bonds. The molecule has 1 heterocycles. The van der Waals surface area contributed by atoms with E-state index in [1.54, 1.807) is 18.2 Å². The predicted molar refractivity (Wildman–Crippen MR) is 108 cm³/mol. The molecule has 0 aromatic heterocycles. The molecular formula is C20H22FN3O4S. The van der Waals surface area contributed by atoms with E-state index in [-0.39, 0.29) is 29.2 Å². The molecule has 7 nitrogen and oxygen atoms in total. The molecule has 1 N–H and O–H groups in total. The van der Waals surface area contributed by atoms with Gasteiger partial charge in [-0.25, -0.2) is 4.39 Å². The SMILES string of the molecule is O=C(CSc1ccc([N+](=O)[O-])cc1)NCC(c1cccc(F)c1)N1CCOCC1. The maximum absolute atomic E-state index is 13.7. The Morgan fingerprint density at radius 3 is 2.62 bits per heavy atom. The van der Waals surface area contributed by atoms with Crippen LogP contribution in [0.25, 0.3) is 0 Å². The molecule has 29 heavy (non-hydrogen) atoms. The van der Waals surface area contributed by atoms with Crippen LogP contribution in [0.4, 0.5) is 10.1 Å². The number of nitrogens with zero attached hydrogens (tertiary/aromatic N) is 2. The van der Waals surface area contributed by atoms with Crippen LogP contribution < -0.4 is 5.32 Å². The first-order chi connectivity index (χ1) is 14.0. The molecule has 0 saturated carbocycles. The molecule has 1 fully saturated rings. The van der Waals surface area contributed by atoms with Crippen molar-refractivity contribution >= 4 is 23.4 Å². The highest BCUT2D eigenvalue weighted by molar-refractivity contribution is 8.00. The monoisotopic (exact) mass is 419 g/mol. The third-order valence-corrected chi connectivity index (χ3v) is 5.64. The van der Waals surface area contributed by atoms with Crippen LogP contribution in [0, 0.1) is 15.9 Å². The Hall–Kier alpha value is -2.49. The number of benzene rings is 2. The third kappa shape index (κ3) is 6.25. The van der Waals surface area contributed by atoms with E-state index in [2.05, 4.69) is 10.2 Å². The van der Waals surface area contributed by atoms with E-state index in [1.165, 1.54) is 36.0 Å². The van der Waals surface area contributed by atoms with E-state index in [0.717, 1.165) is 10.5 Å². The van der Waals surface area contributed by atoms with E-state index in [1.807, 2.05) is 6.07 Å². The fourth-order valence-electron chi connectivity index (χ4n) is 3.14. The fraction of sp³-hybridized carbons (Fsp3) is 0.350. The van der Waals surface area contributed by atoms with E-state index in [4.69, 9.17) is 4.74 Å². The number of rotatable bonds is 8. The van der Waals surface area contributed by atoms with Crippen LogP contribution >= 0.6 is 11.8 Å². The Labute approximate surface area is 172 Å². The normalized spacial score (nSPS) is 15.6. The van der Waals surface area contributed by atoms with Crippen LogP contribution in [0.15, 0.2) is 53.4 Å². The molecule has 0 bridgehead atoms. The Morgan fingerprint density at radius 1 is 1.24 bits per heavy atom. The van der Waals surface area contributed by atoms with Crippen molar-refractivity contribution in [3.05, 3.63) is 70.0 Å². The highest BCUT2D eigenvalue weighted by Crippen LogP contribution is 2.23. The number of carbonyl (C=O) groups excluding carboxylic acids is 1. The first-order valence-corrected chi connectivity index (χ1v) is 10.2. The average Bonchev–Trinajstić information content (AvgIpc) is 2.73. The number of thioether (sulfide) groups is 1. The van der Waals surface area contributed by atoms with E-state index in [9.17, 15) is 19.3 Å². The molecular weight excluding hydrogens is 397 g/mol. The second-order valence-corrected chi connectivity index (χ2v) is 7.61. The van der Waals surface area contributed by atoms with Crippen LogP contribution in [-0.4, -0.2) is 54.3 Å². The molecule has 2 aromatic carbocycles. The van der Waals surface area contributed by atoms with Crippen molar-refractivity contribution in [1.82, 2.24) is 10.2 Å². The third-order valence-electron chi connectivity index (χ3n) is 4.63. The molecule has 1 atom stereocenters. The summed E-state index contributed by atoms with van der Waals surface area (Å²) in [5.74, 6) is -0.264. The summed E-state index contributed by atoms with van der Waals surface area (Å²) in [4.78, 5) is 25.5. The van der Waals surface area contributed by atoms with Gasteiger partial charge in [0.25, 0.3) is 5.69 Å². The Bertz CT molecular complexity index is 844. The highest BCUT2D eigenvalue weighted by Gasteiger charge is 2.23. The van der Waals surface area contributed by atoms with Crippen molar-refractivity contribution in [1.29, 1.82) is 0 Å². The van der Waals surface area contributed by atoms with Crippen LogP contribution in [-0.2, 0) is 9.53 Å². The van der Waals surface area contributed by atoms with Gasteiger partial charge in [0.1, 0.15) is 5.82 Å². The van der Waals surface area contributed by atoms with Crippen molar-refractivity contribution in [2.24, 2.45) is 0 Å². The number of amides is 1. The van der Waals surface area contributed by atoms with Gasteiger partial charge >= 0.3 is 0 Å². The topological polar surface area (TPSA) is 84.7 Å². The van der Waals surface area contributed by atoms with Crippen molar-refractivity contribution in [3.63, 3.8) is 0 Å². The standard InChI is InChI=1S/C20H22FN3O4S/c21-16-3-1-2-15(12-16)19(23-8-10-28-11-9-23)13-22-20(25)14-29-18-6-4-17(5-7-18)24(26)27/h1-7,12,19H,8-11,13-14H2,(H,22,25). The number of carbonyl (C=O) groups is 1. The van der Waals surface area contributed by atoms with E-state index in [0.29, 0.717) is 32.8 Å². The minimum absolute atomic E-state index is 0.0160. The number of morpholine rings is 1. The zero-order valence-electron chi connectivity index (χ0n) is 15.8. The minimum atomic E-state index is -0.459. The van der Waals surface area contributed by atoms with Gasteiger partial charge in [-0.1, -0.05) is 12.1 Å². The number of ether oxygens (including phenoxy) is 1. The Morgan fingerprint density at radius 2 is 1.97 bits per heavy atom. The summed E-state index contributed by atoms with van der Waals surface area (Å²) in [6, 6.07) is 12.4. The molecule has 1 aliphatic rings. The molecule has 0 aliphatic carbocycles. The number of hydrogen-bond donors (Lipinski definition) is 1.